The van der Waals surface area contributed by atoms with Crippen molar-refractivity contribution in [3.05, 3.63) is 146 Å². The van der Waals surface area contributed by atoms with Gasteiger partial charge in [0, 0.05) is 19.3 Å². The monoisotopic (exact) mass is 1010 g/mol. The van der Waals surface area contributed by atoms with Crippen molar-refractivity contribution in [1.29, 1.82) is 0 Å². The molecule has 0 aromatic heterocycles. The SMILES string of the molecule is CC/C=C\C/C=C\C/C=C\C/C=C\C/C=C\CCCCCCCCCC(=O)OCC(COC(=O)CC/C=C\C/C=C\C/C=C\C/C=C\CC)OC(=O)CCCCCCCC/C=C\C/C=C\C/C=C\CCCCC. The molecular formula is C67H106O6. The highest BCUT2D eigenvalue weighted by atomic mass is 16.6. The highest BCUT2D eigenvalue weighted by Crippen LogP contribution is 2.13. The smallest absolute Gasteiger partial charge is 0.306 e. The van der Waals surface area contributed by atoms with Crippen molar-refractivity contribution in [1.82, 2.24) is 0 Å². The average Bonchev–Trinajstić information content (AvgIpc) is 3.39. The summed E-state index contributed by atoms with van der Waals surface area (Å²) in [6, 6.07) is 0. The Kier molecular flexibility index (Phi) is 56.0. The highest BCUT2D eigenvalue weighted by Gasteiger charge is 2.19. The van der Waals surface area contributed by atoms with Crippen molar-refractivity contribution >= 4 is 17.9 Å². The molecule has 1 unspecified atom stereocenters. The summed E-state index contributed by atoms with van der Waals surface area (Å²) in [5.74, 6) is -1.03. The van der Waals surface area contributed by atoms with Crippen LogP contribution in [-0.2, 0) is 28.6 Å². The molecule has 0 N–H and O–H groups in total. The minimum Gasteiger partial charge on any atom is -0.462 e. The maximum Gasteiger partial charge on any atom is 0.306 e. The largest absolute Gasteiger partial charge is 0.462 e. The summed E-state index contributed by atoms with van der Waals surface area (Å²) in [5.41, 5.74) is 0. The molecule has 6 heteroatoms. The maximum absolute atomic E-state index is 12.9. The Labute approximate surface area is 448 Å². The Bertz CT molecular complexity index is 1630. The first-order valence-corrected chi connectivity index (χ1v) is 29.3. The average molecular weight is 1010 g/mol. The van der Waals surface area contributed by atoms with Gasteiger partial charge >= 0.3 is 17.9 Å². The third-order valence-electron chi connectivity index (χ3n) is 11.8. The van der Waals surface area contributed by atoms with Crippen LogP contribution in [0.4, 0.5) is 0 Å². The molecule has 0 aromatic carbocycles. The zero-order valence-electron chi connectivity index (χ0n) is 46.8. The van der Waals surface area contributed by atoms with Crippen LogP contribution < -0.4 is 0 Å². The zero-order valence-corrected chi connectivity index (χ0v) is 46.8. The molecule has 1 atom stereocenters. The molecule has 0 aromatic rings. The van der Waals surface area contributed by atoms with Crippen LogP contribution in [0.15, 0.2) is 146 Å². The van der Waals surface area contributed by atoms with Gasteiger partial charge in [-0.1, -0.05) is 237 Å². The Hall–Kier alpha value is -4.71. The number of hydrogen-bond acceptors (Lipinski definition) is 6. The van der Waals surface area contributed by atoms with Gasteiger partial charge in [-0.3, -0.25) is 14.4 Å². The van der Waals surface area contributed by atoms with Crippen LogP contribution in [0.3, 0.4) is 0 Å². The van der Waals surface area contributed by atoms with Crippen LogP contribution in [-0.4, -0.2) is 37.2 Å². The number of allylic oxidation sites excluding steroid dienone is 24. The third kappa shape index (κ3) is 58.1. The van der Waals surface area contributed by atoms with E-state index in [9.17, 15) is 14.4 Å². The molecule has 0 amide bonds. The number of hydrogen-bond donors (Lipinski definition) is 0. The Morgan fingerprint density at radius 3 is 0.918 bits per heavy atom. The number of carbonyl (C=O) groups is 3. The molecule has 0 aliphatic rings. The first-order valence-electron chi connectivity index (χ1n) is 29.3. The van der Waals surface area contributed by atoms with Crippen molar-refractivity contribution in [3.8, 4) is 0 Å². The fourth-order valence-electron chi connectivity index (χ4n) is 7.49. The maximum atomic E-state index is 12.9. The van der Waals surface area contributed by atoms with Gasteiger partial charge in [-0.2, -0.15) is 0 Å². The van der Waals surface area contributed by atoms with Crippen LogP contribution in [0, 0.1) is 0 Å². The molecule has 0 radical (unpaired) electrons. The second kappa shape index (κ2) is 59.8. The van der Waals surface area contributed by atoms with Gasteiger partial charge in [0.2, 0.25) is 0 Å². The molecule has 0 saturated carbocycles. The van der Waals surface area contributed by atoms with E-state index in [1.165, 1.54) is 64.2 Å². The Morgan fingerprint density at radius 1 is 0.288 bits per heavy atom. The molecule has 410 valence electrons. The zero-order chi connectivity index (χ0) is 52.9. The van der Waals surface area contributed by atoms with E-state index in [4.69, 9.17) is 14.2 Å². The van der Waals surface area contributed by atoms with E-state index in [0.29, 0.717) is 19.3 Å². The number of ether oxygens (including phenoxy) is 3. The predicted octanol–water partition coefficient (Wildman–Crippen LogP) is 20.0. The van der Waals surface area contributed by atoms with E-state index >= 15 is 0 Å². The lowest BCUT2D eigenvalue weighted by molar-refractivity contribution is -0.166. The summed E-state index contributed by atoms with van der Waals surface area (Å²) >= 11 is 0. The van der Waals surface area contributed by atoms with Crippen LogP contribution >= 0.6 is 0 Å². The van der Waals surface area contributed by atoms with Crippen molar-refractivity contribution in [3.63, 3.8) is 0 Å². The first kappa shape index (κ1) is 68.3. The van der Waals surface area contributed by atoms with Gasteiger partial charge in [-0.25, -0.2) is 0 Å². The minimum absolute atomic E-state index is 0.117. The summed E-state index contributed by atoms with van der Waals surface area (Å²) in [6.45, 7) is 6.29. The van der Waals surface area contributed by atoms with E-state index < -0.39 is 6.10 Å². The van der Waals surface area contributed by atoms with E-state index in [1.807, 2.05) is 12.2 Å². The predicted molar refractivity (Wildman–Crippen MR) is 315 cm³/mol. The minimum atomic E-state index is -0.826. The van der Waals surface area contributed by atoms with Gasteiger partial charge in [-0.05, 0) is 128 Å². The third-order valence-corrected chi connectivity index (χ3v) is 11.8. The van der Waals surface area contributed by atoms with Gasteiger partial charge < -0.3 is 14.2 Å². The Morgan fingerprint density at radius 2 is 0.562 bits per heavy atom. The van der Waals surface area contributed by atoms with Crippen molar-refractivity contribution in [2.24, 2.45) is 0 Å². The van der Waals surface area contributed by atoms with E-state index in [2.05, 4.69) is 154 Å². The van der Waals surface area contributed by atoms with Crippen LogP contribution in [0.25, 0.3) is 0 Å². The number of rotatable bonds is 51. The van der Waals surface area contributed by atoms with Crippen molar-refractivity contribution < 1.29 is 28.6 Å². The molecule has 0 bridgehead atoms. The lowest BCUT2D eigenvalue weighted by Gasteiger charge is -2.18. The fourth-order valence-corrected chi connectivity index (χ4v) is 7.49. The molecule has 0 saturated heterocycles. The lowest BCUT2D eigenvalue weighted by atomic mass is 10.1. The van der Waals surface area contributed by atoms with E-state index in [1.54, 1.807) is 0 Å². The lowest BCUT2D eigenvalue weighted by Crippen LogP contribution is -2.30. The number of unbranched alkanes of at least 4 members (excludes halogenated alkanes) is 16. The van der Waals surface area contributed by atoms with Crippen LogP contribution in [0.2, 0.25) is 0 Å². The quantitative estimate of drug-likeness (QED) is 0.0261. The second-order valence-corrected chi connectivity index (χ2v) is 18.8. The number of esters is 3. The Balaban J connectivity index is 4.48. The number of carbonyl (C=O) groups excluding carboxylic acids is 3. The summed E-state index contributed by atoms with van der Waals surface area (Å²) in [6.07, 6.45) is 85.6. The summed E-state index contributed by atoms with van der Waals surface area (Å²) in [4.78, 5) is 38.2. The summed E-state index contributed by atoms with van der Waals surface area (Å²) < 4.78 is 16.8. The standard InChI is InChI=1S/C67H106O6/c1-4-7-10-13-16-19-22-25-27-29-31-32-33-34-36-37-39-42-45-48-51-54-57-60-66(69)72-63-64(62-71-65(68)59-56-53-50-47-44-41-24-21-18-15-12-9-6-3)73-67(70)61-58-55-52-49-46-43-40-38-35-30-28-26-23-20-17-14-11-8-5-2/h7,9-10,12,16-21,25-28,31-32,34-36,38,41,44,50,53,64H,4-6,8,11,13-15,22-24,29-30,33,37,39-40,42-43,45-49,51-52,54-63H2,1-3H3/b10-7-,12-9-,19-16-,20-17-,21-18-,27-25-,28-26-,32-31-,36-34-,38-35-,44-41-,53-50-. The van der Waals surface area contributed by atoms with Gasteiger partial charge in [0.05, 0.1) is 0 Å². The molecular weight excluding hydrogens is 901 g/mol. The normalized spacial score (nSPS) is 13.2. The molecule has 0 aliphatic heterocycles. The van der Waals surface area contributed by atoms with Crippen LogP contribution in [0.1, 0.15) is 239 Å². The van der Waals surface area contributed by atoms with Crippen molar-refractivity contribution in [2.75, 3.05) is 13.2 Å². The highest BCUT2D eigenvalue weighted by molar-refractivity contribution is 5.71. The summed E-state index contributed by atoms with van der Waals surface area (Å²) in [5, 5.41) is 0. The van der Waals surface area contributed by atoms with Gasteiger partial charge in [0.1, 0.15) is 13.2 Å². The molecule has 6 nitrogen and oxygen atoms in total. The molecule has 0 spiro atoms. The second-order valence-electron chi connectivity index (χ2n) is 18.8. The molecule has 0 fully saturated rings. The summed E-state index contributed by atoms with van der Waals surface area (Å²) in [7, 11) is 0. The fraction of sp³-hybridized carbons (Fsp3) is 0.597. The first-order chi connectivity index (χ1) is 36.0. The van der Waals surface area contributed by atoms with E-state index in [0.717, 1.165) is 128 Å². The van der Waals surface area contributed by atoms with Gasteiger partial charge in [0.15, 0.2) is 6.10 Å². The van der Waals surface area contributed by atoms with Gasteiger partial charge in [0.25, 0.3) is 0 Å². The van der Waals surface area contributed by atoms with Crippen LogP contribution in [0.5, 0.6) is 0 Å². The molecule has 73 heavy (non-hydrogen) atoms. The topological polar surface area (TPSA) is 78.9 Å². The molecule has 0 heterocycles. The molecule has 0 rings (SSSR count). The van der Waals surface area contributed by atoms with Gasteiger partial charge in [-0.15, -0.1) is 0 Å². The van der Waals surface area contributed by atoms with Crippen molar-refractivity contribution in [2.45, 2.75) is 245 Å². The van der Waals surface area contributed by atoms with E-state index in [-0.39, 0.29) is 37.5 Å². The molecule has 0 aliphatic carbocycles.